The van der Waals surface area contributed by atoms with Crippen molar-refractivity contribution in [1.29, 1.82) is 0 Å². The van der Waals surface area contributed by atoms with Gasteiger partial charge in [-0.25, -0.2) is 0 Å². The molecule has 0 radical (unpaired) electrons. The molecule has 6 heteroatoms. The maximum absolute atomic E-state index is 13.8. The van der Waals surface area contributed by atoms with Gasteiger partial charge in [0, 0.05) is 39.3 Å². The van der Waals surface area contributed by atoms with E-state index in [0.717, 1.165) is 43.7 Å². The van der Waals surface area contributed by atoms with Crippen LogP contribution in [0.1, 0.15) is 50.7 Å². The van der Waals surface area contributed by atoms with Gasteiger partial charge in [0.2, 0.25) is 0 Å². The number of likely N-dealkylation sites (N-methyl/N-ethyl adjacent to an activating group) is 1. The Kier molecular flexibility index (Phi) is 5.50. The predicted octanol–water partition coefficient (Wildman–Crippen LogP) is 2.95. The molecule has 162 valence electrons. The topological polar surface area (TPSA) is 53.1 Å². The lowest BCUT2D eigenvalue weighted by Gasteiger charge is -2.40. The molecule has 0 spiro atoms. The van der Waals surface area contributed by atoms with Gasteiger partial charge in [0.1, 0.15) is 0 Å². The second kappa shape index (κ2) is 8.44. The molecule has 5 rings (SSSR count). The number of rotatable bonds is 4. The van der Waals surface area contributed by atoms with Crippen LogP contribution in [0.4, 0.5) is 0 Å². The summed E-state index contributed by atoms with van der Waals surface area (Å²) < 4.78 is 5.73. The van der Waals surface area contributed by atoms with E-state index in [-0.39, 0.29) is 24.0 Å². The Morgan fingerprint density at radius 3 is 2.71 bits per heavy atom. The minimum Gasteiger partial charge on any atom is -0.376 e. The molecule has 6 nitrogen and oxygen atoms in total. The molecule has 0 aliphatic carbocycles. The highest BCUT2D eigenvalue weighted by Gasteiger charge is 2.37. The molecule has 0 bridgehead atoms. The van der Waals surface area contributed by atoms with Gasteiger partial charge in [0.25, 0.3) is 11.8 Å². The monoisotopic (exact) mass is 419 g/mol. The van der Waals surface area contributed by atoms with Crippen LogP contribution in [0, 0.1) is 0 Å². The van der Waals surface area contributed by atoms with Crippen LogP contribution >= 0.6 is 0 Å². The number of hydrogen-bond acceptors (Lipinski definition) is 4. The summed E-state index contributed by atoms with van der Waals surface area (Å²) in [6.45, 7) is 4.18. The number of carbonyl (C=O) groups excluding carboxylic acids is 2. The fourth-order valence-corrected chi connectivity index (χ4v) is 5.06. The molecule has 0 N–H and O–H groups in total. The van der Waals surface area contributed by atoms with Gasteiger partial charge in [-0.1, -0.05) is 42.5 Å². The third kappa shape index (κ3) is 3.86. The van der Waals surface area contributed by atoms with E-state index in [1.807, 2.05) is 46.2 Å². The van der Waals surface area contributed by atoms with Crippen molar-refractivity contribution in [3.8, 4) is 0 Å². The van der Waals surface area contributed by atoms with Crippen molar-refractivity contribution in [1.82, 2.24) is 14.7 Å². The van der Waals surface area contributed by atoms with E-state index in [4.69, 9.17) is 4.74 Å². The van der Waals surface area contributed by atoms with Gasteiger partial charge < -0.3 is 19.4 Å². The van der Waals surface area contributed by atoms with E-state index in [2.05, 4.69) is 24.1 Å². The smallest absolute Gasteiger partial charge is 0.255 e. The summed E-state index contributed by atoms with van der Waals surface area (Å²) in [5.74, 6) is -0.0917. The van der Waals surface area contributed by atoms with Crippen LogP contribution in [0.5, 0.6) is 0 Å². The SMILES string of the molecule is CN1CCN(C(=O)c2cccc3c2C(=O)N(CC2CCCO2)C3)C(c2ccccc2)C1. The van der Waals surface area contributed by atoms with Gasteiger partial charge >= 0.3 is 0 Å². The van der Waals surface area contributed by atoms with Crippen LogP contribution in [0.25, 0.3) is 0 Å². The zero-order valence-corrected chi connectivity index (χ0v) is 18.0. The number of fused-ring (bicyclic) bond motifs is 1. The second-order valence-corrected chi connectivity index (χ2v) is 8.85. The predicted molar refractivity (Wildman–Crippen MR) is 118 cm³/mol. The van der Waals surface area contributed by atoms with Crippen LogP contribution in [-0.2, 0) is 11.3 Å². The third-order valence-electron chi connectivity index (χ3n) is 6.72. The summed E-state index contributed by atoms with van der Waals surface area (Å²) in [5, 5.41) is 0. The number of ether oxygens (including phenoxy) is 1. The van der Waals surface area contributed by atoms with Crippen molar-refractivity contribution < 1.29 is 14.3 Å². The average Bonchev–Trinajstić information content (AvgIpc) is 3.42. The number of carbonyl (C=O) groups is 2. The number of benzene rings is 2. The maximum atomic E-state index is 13.8. The first kappa shape index (κ1) is 20.2. The lowest BCUT2D eigenvalue weighted by atomic mass is 9.98. The van der Waals surface area contributed by atoms with Crippen LogP contribution in [0.3, 0.4) is 0 Å². The summed E-state index contributed by atoms with van der Waals surface area (Å²) in [6, 6.07) is 15.8. The van der Waals surface area contributed by atoms with Crippen molar-refractivity contribution >= 4 is 11.8 Å². The van der Waals surface area contributed by atoms with E-state index in [0.29, 0.717) is 30.8 Å². The Labute approximate surface area is 183 Å². The Balaban J connectivity index is 1.43. The third-order valence-corrected chi connectivity index (χ3v) is 6.72. The van der Waals surface area contributed by atoms with Gasteiger partial charge in [-0.15, -0.1) is 0 Å². The molecule has 2 amide bonds. The van der Waals surface area contributed by atoms with Crippen molar-refractivity contribution in [2.45, 2.75) is 31.5 Å². The number of piperazine rings is 1. The molecule has 2 unspecified atom stereocenters. The number of hydrogen-bond donors (Lipinski definition) is 0. The molecule has 31 heavy (non-hydrogen) atoms. The molecule has 2 aromatic rings. The molecule has 2 atom stereocenters. The quantitative estimate of drug-likeness (QED) is 0.765. The Morgan fingerprint density at radius 1 is 1.10 bits per heavy atom. The average molecular weight is 420 g/mol. The van der Waals surface area contributed by atoms with Crippen LogP contribution in [0.15, 0.2) is 48.5 Å². The van der Waals surface area contributed by atoms with Crippen LogP contribution in [-0.4, -0.2) is 72.5 Å². The van der Waals surface area contributed by atoms with E-state index in [1.54, 1.807) is 0 Å². The van der Waals surface area contributed by atoms with Gasteiger partial charge in [-0.3, -0.25) is 9.59 Å². The van der Waals surface area contributed by atoms with Crippen LogP contribution in [0.2, 0.25) is 0 Å². The van der Waals surface area contributed by atoms with Gasteiger partial charge in [-0.05, 0) is 37.1 Å². The Bertz CT molecular complexity index is 971. The first-order chi connectivity index (χ1) is 15.1. The highest BCUT2D eigenvalue weighted by atomic mass is 16.5. The number of amides is 2. The Morgan fingerprint density at radius 2 is 1.94 bits per heavy atom. The lowest BCUT2D eigenvalue weighted by Crippen LogP contribution is -2.49. The molecular weight excluding hydrogens is 390 g/mol. The fraction of sp³-hybridized carbons (Fsp3) is 0.440. The van der Waals surface area contributed by atoms with Gasteiger partial charge in [0.15, 0.2) is 0 Å². The normalized spacial score (nSPS) is 24.0. The van der Waals surface area contributed by atoms with Crippen molar-refractivity contribution in [2.24, 2.45) is 0 Å². The molecule has 3 aliphatic heterocycles. The molecule has 2 fully saturated rings. The van der Waals surface area contributed by atoms with Crippen molar-refractivity contribution in [2.75, 3.05) is 39.8 Å². The van der Waals surface area contributed by atoms with E-state index < -0.39 is 0 Å². The molecule has 2 saturated heterocycles. The summed E-state index contributed by atoms with van der Waals surface area (Å²) in [7, 11) is 2.09. The molecule has 0 saturated carbocycles. The van der Waals surface area contributed by atoms with Crippen molar-refractivity contribution in [3.63, 3.8) is 0 Å². The minimum absolute atomic E-state index is 0.0252. The first-order valence-corrected chi connectivity index (χ1v) is 11.2. The molecule has 3 heterocycles. The Hall–Kier alpha value is -2.70. The molecule has 3 aliphatic rings. The van der Waals surface area contributed by atoms with E-state index in [1.165, 1.54) is 0 Å². The van der Waals surface area contributed by atoms with E-state index in [9.17, 15) is 9.59 Å². The second-order valence-electron chi connectivity index (χ2n) is 8.85. The lowest BCUT2D eigenvalue weighted by molar-refractivity contribution is 0.0486. The van der Waals surface area contributed by atoms with Gasteiger partial charge in [0.05, 0.1) is 23.3 Å². The van der Waals surface area contributed by atoms with E-state index >= 15 is 0 Å². The minimum atomic E-state index is -0.0499. The largest absolute Gasteiger partial charge is 0.376 e. The summed E-state index contributed by atoms with van der Waals surface area (Å²) in [5.41, 5.74) is 3.18. The van der Waals surface area contributed by atoms with Gasteiger partial charge in [-0.2, -0.15) is 0 Å². The zero-order chi connectivity index (χ0) is 21.4. The number of nitrogens with zero attached hydrogens (tertiary/aromatic N) is 3. The summed E-state index contributed by atoms with van der Waals surface area (Å²) >= 11 is 0. The first-order valence-electron chi connectivity index (χ1n) is 11.2. The zero-order valence-electron chi connectivity index (χ0n) is 18.0. The highest BCUT2D eigenvalue weighted by molar-refractivity contribution is 6.09. The molecular formula is C25H29N3O3. The van der Waals surface area contributed by atoms with Crippen molar-refractivity contribution in [3.05, 3.63) is 70.8 Å². The maximum Gasteiger partial charge on any atom is 0.255 e. The van der Waals surface area contributed by atoms with Crippen LogP contribution < -0.4 is 0 Å². The molecule has 0 aromatic heterocycles. The summed E-state index contributed by atoms with van der Waals surface area (Å²) in [6.07, 6.45) is 2.15. The highest BCUT2D eigenvalue weighted by Crippen LogP contribution is 2.32. The standard InChI is InChI=1S/C25H29N3O3/c1-26-12-13-28(22(17-26)18-7-3-2-4-8-18)24(29)21-11-5-9-19-15-27(25(30)23(19)21)16-20-10-6-14-31-20/h2-5,7-9,11,20,22H,6,10,12-17H2,1H3. The molecule has 2 aromatic carbocycles. The fourth-order valence-electron chi connectivity index (χ4n) is 5.06. The summed E-state index contributed by atoms with van der Waals surface area (Å²) in [4.78, 5) is 33.1.